The summed E-state index contributed by atoms with van der Waals surface area (Å²) in [6.45, 7) is 3.04. The minimum absolute atomic E-state index is 0.376. The summed E-state index contributed by atoms with van der Waals surface area (Å²) in [5, 5.41) is 8.79. The molecule has 1 radical (unpaired) electrons. The minimum Gasteiger partial charge on any atom is -0.373 e. The Balaban J connectivity index is 3.61. The van der Waals surface area contributed by atoms with Crippen LogP contribution in [0.4, 0.5) is 0 Å². The fraction of sp³-hybridized carbons (Fsp3) is 0.200. The summed E-state index contributed by atoms with van der Waals surface area (Å²) < 4.78 is 0.376. The highest BCUT2D eigenvalue weighted by Crippen LogP contribution is 1.84. The number of aromatic amines is 2. The van der Waals surface area contributed by atoms with Gasteiger partial charge in [0.25, 0.3) is 0 Å². The average molecular weight is 172 g/mol. The van der Waals surface area contributed by atoms with E-state index in [0.29, 0.717) is 4.57 Å². The fourth-order valence-electron chi connectivity index (χ4n) is 0.709. The summed E-state index contributed by atoms with van der Waals surface area (Å²) >= 11 is 0. The molecule has 7 heteroatoms. The molecular formula is C5H6N3O4. The molecule has 0 saturated carbocycles. The zero-order valence-corrected chi connectivity index (χ0v) is 5.90. The number of nitrogens with zero attached hydrogens (tertiary/aromatic N) is 1. The smallest absolute Gasteiger partial charge is 0.335 e. The highest BCUT2D eigenvalue weighted by molar-refractivity contribution is 4.72. The van der Waals surface area contributed by atoms with E-state index >= 15 is 0 Å². The van der Waals surface area contributed by atoms with Crippen molar-refractivity contribution in [3.05, 3.63) is 38.4 Å². The first kappa shape index (κ1) is 8.47. The summed E-state index contributed by atoms with van der Waals surface area (Å²) in [7, 11) is 0. The van der Waals surface area contributed by atoms with Crippen LogP contribution in [0.5, 0.6) is 0 Å². The lowest BCUT2D eigenvalue weighted by Gasteiger charge is -2.03. The zero-order chi connectivity index (χ0) is 9.30. The van der Waals surface area contributed by atoms with E-state index in [9.17, 15) is 14.4 Å². The van der Waals surface area contributed by atoms with Crippen LogP contribution in [-0.4, -0.2) is 19.6 Å². The molecule has 0 spiro atoms. The van der Waals surface area contributed by atoms with E-state index in [4.69, 9.17) is 5.11 Å². The highest BCUT2D eigenvalue weighted by Gasteiger charge is 2.06. The lowest BCUT2D eigenvalue weighted by Crippen LogP contribution is -2.44. The highest BCUT2D eigenvalue weighted by atomic mass is 16.3. The van der Waals surface area contributed by atoms with E-state index in [1.165, 1.54) is 0 Å². The van der Waals surface area contributed by atoms with Crippen LogP contribution < -0.4 is 17.1 Å². The van der Waals surface area contributed by atoms with Crippen LogP contribution in [0.1, 0.15) is 6.23 Å². The Hall–Kier alpha value is -1.63. The first-order valence-electron chi connectivity index (χ1n) is 2.98. The van der Waals surface area contributed by atoms with Crippen LogP contribution in [0.25, 0.3) is 0 Å². The van der Waals surface area contributed by atoms with Crippen LogP contribution in [0.2, 0.25) is 0 Å². The van der Waals surface area contributed by atoms with Gasteiger partial charge in [-0.2, -0.15) is 0 Å². The summed E-state index contributed by atoms with van der Waals surface area (Å²) in [5.74, 6) is 0. The molecule has 1 atom stereocenters. The fourth-order valence-corrected chi connectivity index (χ4v) is 0.709. The number of aliphatic hydroxyl groups excluding tert-OH is 1. The third-order valence-corrected chi connectivity index (χ3v) is 1.18. The van der Waals surface area contributed by atoms with Gasteiger partial charge in [0.05, 0.1) is 0 Å². The van der Waals surface area contributed by atoms with Gasteiger partial charge in [-0.1, -0.05) is 0 Å². The molecule has 12 heavy (non-hydrogen) atoms. The molecular weight excluding hydrogens is 166 g/mol. The van der Waals surface area contributed by atoms with E-state index in [1.54, 1.807) is 9.97 Å². The summed E-state index contributed by atoms with van der Waals surface area (Å²) in [6, 6.07) is 0. The lowest BCUT2D eigenvalue weighted by atomic mass is 10.6. The van der Waals surface area contributed by atoms with Crippen LogP contribution >= 0.6 is 0 Å². The average Bonchev–Trinajstić information content (AvgIpc) is 1.82. The number of aliphatic hydroxyl groups is 1. The molecule has 1 heterocycles. The number of aromatic nitrogens is 3. The van der Waals surface area contributed by atoms with Crippen molar-refractivity contribution in [3.63, 3.8) is 0 Å². The summed E-state index contributed by atoms with van der Waals surface area (Å²) in [4.78, 5) is 35.6. The van der Waals surface area contributed by atoms with Crippen LogP contribution in [0.3, 0.4) is 0 Å². The van der Waals surface area contributed by atoms with Crippen LogP contribution in [0.15, 0.2) is 14.4 Å². The first-order chi connectivity index (χ1) is 5.52. The monoisotopic (exact) mass is 172 g/mol. The van der Waals surface area contributed by atoms with Gasteiger partial charge in [-0.05, 0) is 6.92 Å². The number of rotatable bonds is 1. The Labute approximate surface area is 65.3 Å². The Bertz CT molecular complexity index is 403. The van der Waals surface area contributed by atoms with Crippen LogP contribution in [-0.2, 0) is 0 Å². The molecule has 0 aromatic carbocycles. The summed E-state index contributed by atoms with van der Waals surface area (Å²) in [5.41, 5.74) is -2.90. The molecule has 0 saturated heterocycles. The molecule has 7 nitrogen and oxygen atoms in total. The molecule has 65 valence electrons. The van der Waals surface area contributed by atoms with E-state index in [-0.39, 0.29) is 0 Å². The second-order valence-electron chi connectivity index (χ2n) is 2.04. The molecule has 1 unspecified atom stereocenters. The van der Waals surface area contributed by atoms with Gasteiger partial charge >= 0.3 is 17.1 Å². The molecule has 0 fully saturated rings. The van der Waals surface area contributed by atoms with E-state index < -0.39 is 23.3 Å². The third-order valence-electron chi connectivity index (χ3n) is 1.18. The normalized spacial score (nSPS) is 12.8. The molecule has 0 bridgehead atoms. The van der Waals surface area contributed by atoms with E-state index in [0.717, 1.165) is 0 Å². The Morgan fingerprint density at radius 1 is 1.25 bits per heavy atom. The van der Waals surface area contributed by atoms with Crippen molar-refractivity contribution in [1.82, 2.24) is 14.5 Å². The molecule has 1 aromatic heterocycles. The van der Waals surface area contributed by atoms with Gasteiger partial charge in [0.1, 0.15) is 6.23 Å². The number of hydrogen-bond acceptors (Lipinski definition) is 4. The van der Waals surface area contributed by atoms with Gasteiger partial charge in [0, 0.05) is 0 Å². The second-order valence-corrected chi connectivity index (χ2v) is 2.04. The number of nitrogens with one attached hydrogen (secondary N) is 2. The standard InChI is InChI=1S/C5H6N3O4/c1-2(9)8-4(11)6-3(10)7-5(8)12/h2,9H,1H2,(H2,6,7,10,11,12). The largest absolute Gasteiger partial charge is 0.373 e. The van der Waals surface area contributed by atoms with Gasteiger partial charge < -0.3 is 5.11 Å². The maximum atomic E-state index is 10.8. The van der Waals surface area contributed by atoms with E-state index in [1.807, 2.05) is 0 Å². The van der Waals surface area contributed by atoms with Gasteiger partial charge in [0.2, 0.25) is 0 Å². The maximum Gasteiger partial charge on any atom is 0.335 e. The van der Waals surface area contributed by atoms with Crippen molar-refractivity contribution in [1.29, 1.82) is 0 Å². The van der Waals surface area contributed by atoms with Crippen molar-refractivity contribution < 1.29 is 5.11 Å². The topological polar surface area (TPSA) is 108 Å². The predicted molar refractivity (Wildman–Crippen MR) is 38.6 cm³/mol. The first-order valence-corrected chi connectivity index (χ1v) is 2.98. The van der Waals surface area contributed by atoms with Crippen molar-refractivity contribution >= 4 is 0 Å². The Kier molecular flexibility index (Phi) is 1.96. The predicted octanol–water partition coefficient (Wildman–Crippen LogP) is -2.45. The molecule has 0 aliphatic carbocycles. The molecule has 1 rings (SSSR count). The maximum absolute atomic E-state index is 10.8. The van der Waals surface area contributed by atoms with Crippen molar-refractivity contribution in [2.75, 3.05) is 0 Å². The number of H-pyrrole nitrogens is 2. The minimum atomic E-state index is -1.52. The van der Waals surface area contributed by atoms with Gasteiger partial charge in [-0.25, -0.2) is 19.0 Å². The molecule has 0 aliphatic rings. The van der Waals surface area contributed by atoms with Gasteiger partial charge in [-0.15, -0.1) is 0 Å². The Morgan fingerprint density at radius 3 is 2.00 bits per heavy atom. The number of hydrogen-bond donors (Lipinski definition) is 3. The van der Waals surface area contributed by atoms with Crippen molar-refractivity contribution in [2.24, 2.45) is 0 Å². The Morgan fingerprint density at radius 2 is 1.67 bits per heavy atom. The lowest BCUT2D eigenvalue weighted by molar-refractivity contribution is 0.139. The molecule has 3 N–H and O–H groups in total. The van der Waals surface area contributed by atoms with Gasteiger partial charge in [-0.3, -0.25) is 9.97 Å². The van der Waals surface area contributed by atoms with Gasteiger partial charge in [0.15, 0.2) is 0 Å². The van der Waals surface area contributed by atoms with E-state index in [2.05, 4.69) is 6.92 Å². The zero-order valence-electron chi connectivity index (χ0n) is 5.90. The van der Waals surface area contributed by atoms with Crippen molar-refractivity contribution in [3.8, 4) is 0 Å². The summed E-state index contributed by atoms with van der Waals surface area (Å²) in [6.07, 6.45) is -1.52. The molecule has 1 aromatic rings. The third kappa shape index (κ3) is 1.35. The quantitative estimate of drug-likeness (QED) is 0.437. The second kappa shape index (κ2) is 2.78. The SMILES string of the molecule is [CH2]C(O)n1c(=O)[nH]c(=O)[nH]c1=O. The van der Waals surface area contributed by atoms with Crippen molar-refractivity contribution in [2.45, 2.75) is 6.23 Å². The van der Waals surface area contributed by atoms with Crippen LogP contribution in [0, 0.1) is 6.92 Å². The molecule has 0 amide bonds. The molecule has 0 aliphatic heterocycles.